The van der Waals surface area contributed by atoms with Gasteiger partial charge in [0.15, 0.2) is 0 Å². The monoisotopic (exact) mass is 398 g/mol. The highest BCUT2D eigenvalue weighted by Crippen LogP contribution is 2.12. The Bertz CT molecular complexity index is 368. The Balaban J connectivity index is 3.47. The molecule has 0 aliphatic rings. The third-order valence-corrected chi connectivity index (χ3v) is 5.07. The number of rotatable bonds is 20. The molecule has 0 aromatic rings. The van der Waals surface area contributed by atoms with Gasteiger partial charge in [0.05, 0.1) is 12.7 Å². The van der Waals surface area contributed by atoms with Gasteiger partial charge in [-0.2, -0.15) is 0 Å². The minimum atomic E-state index is -0.196. The van der Waals surface area contributed by atoms with E-state index in [0.29, 0.717) is 25.9 Å². The van der Waals surface area contributed by atoms with Crippen LogP contribution in [0, 0.1) is 0 Å². The molecule has 0 fully saturated rings. The maximum Gasteiger partial charge on any atom is 0.306 e. The summed E-state index contributed by atoms with van der Waals surface area (Å²) in [6.07, 6.45) is 18.0. The molecule has 0 N–H and O–H groups in total. The van der Waals surface area contributed by atoms with Crippen molar-refractivity contribution in [2.24, 2.45) is 0 Å². The van der Waals surface area contributed by atoms with Gasteiger partial charge < -0.3 is 9.47 Å². The van der Waals surface area contributed by atoms with E-state index in [9.17, 15) is 9.59 Å². The van der Waals surface area contributed by atoms with E-state index < -0.39 is 0 Å². The van der Waals surface area contributed by atoms with Gasteiger partial charge in [-0.1, -0.05) is 84.5 Å². The predicted molar refractivity (Wildman–Crippen MR) is 116 cm³/mol. The van der Waals surface area contributed by atoms with Crippen LogP contribution in [-0.2, 0) is 19.1 Å². The Morgan fingerprint density at radius 1 is 0.643 bits per heavy atom. The highest BCUT2D eigenvalue weighted by molar-refractivity contribution is 5.72. The lowest BCUT2D eigenvalue weighted by molar-refractivity contribution is -0.149. The summed E-state index contributed by atoms with van der Waals surface area (Å²) in [6.45, 7) is 6.90. The summed E-state index contributed by atoms with van der Waals surface area (Å²) >= 11 is 0. The molecule has 0 amide bonds. The van der Waals surface area contributed by atoms with Crippen LogP contribution in [0.1, 0.15) is 130 Å². The van der Waals surface area contributed by atoms with Crippen LogP contribution < -0.4 is 0 Å². The number of carbonyl (C=O) groups excluding carboxylic acids is 2. The number of carbonyl (C=O) groups is 2. The average molecular weight is 399 g/mol. The minimum Gasteiger partial charge on any atom is -0.466 e. The molecule has 0 bridgehead atoms. The van der Waals surface area contributed by atoms with Crippen molar-refractivity contribution in [2.45, 2.75) is 136 Å². The summed E-state index contributed by atoms with van der Waals surface area (Å²) < 4.78 is 10.7. The topological polar surface area (TPSA) is 52.6 Å². The highest BCUT2D eigenvalue weighted by atomic mass is 16.5. The van der Waals surface area contributed by atoms with Crippen LogP contribution in [-0.4, -0.2) is 24.6 Å². The number of hydrogen-bond donors (Lipinski definition) is 0. The van der Waals surface area contributed by atoms with Crippen molar-refractivity contribution < 1.29 is 19.1 Å². The van der Waals surface area contributed by atoms with Crippen molar-refractivity contribution in [3.8, 4) is 0 Å². The Morgan fingerprint density at radius 2 is 1.14 bits per heavy atom. The molecular weight excluding hydrogens is 352 g/mol. The molecule has 1 unspecified atom stereocenters. The zero-order valence-electron chi connectivity index (χ0n) is 18.9. The Labute approximate surface area is 174 Å². The third kappa shape index (κ3) is 19.7. The van der Waals surface area contributed by atoms with Gasteiger partial charge >= 0.3 is 11.9 Å². The summed E-state index contributed by atoms with van der Waals surface area (Å²) in [5.74, 6) is -0.391. The standard InChI is InChI=1S/C24H46O4/c1-4-6-8-10-12-14-16-21-27-23(25)19-17-20-24(26)28-22(3)18-15-13-11-9-7-5-2/h22H,4-21H2,1-3H3. The van der Waals surface area contributed by atoms with Crippen molar-refractivity contribution >= 4 is 11.9 Å². The first-order valence-corrected chi connectivity index (χ1v) is 11.9. The van der Waals surface area contributed by atoms with Gasteiger partial charge in [-0.3, -0.25) is 9.59 Å². The number of ether oxygens (including phenoxy) is 2. The van der Waals surface area contributed by atoms with Gasteiger partial charge in [-0.05, 0) is 32.6 Å². The summed E-state index contributed by atoms with van der Waals surface area (Å²) in [5, 5.41) is 0. The van der Waals surface area contributed by atoms with Crippen LogP contribution in [0.15, 0.2) is 0 Å². The summed E-state index contributed by atoms with van der Waals surface area (Å²) in [7, 11) is 0. The molecule has 0 rings (SSSR count). The van der Waals surface area contributed by atoms with Crippen LogP contribution in [0.4, 0.5) is 0 Å². The van der Waals surface area contributed by atoms with E-state index in [1.54, 1.807) is 0 Å². The maximum atomic E-state index is 11.8. The second-order valence-electron chi connectivity index (χ2n) is 8.05. The molecular formula is C24H46O4. The second kappa shape index (κ2) is 20.7. The van der Waals surface area contributed by atoms with Crippen molar-refractivity contribution in [3.63, 3.8) is 0 Å². The second-order valence-corrected chi connectivity index (χ2v) is 8.05. The lowest BCUT2D eigenvalue weighted by atomic mass is 10.1. The van der Waals surface area contributed by atoms with Gasteiger partial charge in [0.25, 0.3) is 0 Å². The van der Waals surface area contributed by atoms with Crippen LogP contribution in [0.3, 0.4) is 0 Å². The minimum absolute atomic E-state index is 0.0250. The molecule has 0 aliphatic carbocycles. The summed E-state index contributed by atoms with van der Waals surface area (Å²) in [4.78, 5) is 23.5. The molecule has 0 aliphatic heterocycles. The van der Waals surface area contributed by atoms with E-state index in [4.69, 9.17) is 9.47 Å². The van der Waals surface area contributed by atoms with Crippen molar-refractivity contribution in [2.75, 3.05) is 6.61 Å². The quantitative estimate of drug-likeness (QED) is 0.162. The molecule has 0 heterocycles. The van der Waals surface area contributed by atoms with Crippen LogP contribution in [0.2, 0.25) is 0 Å². The molecule has 0 spiro atoms. The van der Waals surface area contributed by atoms with Gasteiger partial charge in [-0.15, -0.1) is 0 Å². The fourth-order valence-electron chi connectivity index (χ4n) is 3.25. The zero-order chi connectivity index (χ0) is 20.9. The molecule has 166 valence electrons. The third-order valence-electron chi connectivity index (χ3n) is 5.07. The van der Waals surface area contributed by atoms with Gasteiger partial charge in [0.1, 0.15) is 0 Å². The normalized spacial score (nSPS) is 12.0. The Hall–Kier alpha value is -1.06. The van der Waals surface area contributed by atoms with Gasteiger partial charge in [0, 0.05) is 12.8 Å². The predicted octanol–water partition coefficient (Wildman–Crippen LogP) is 7.13. The summed E-state index contributed by atoms with van der Waals surface area (Å²) in [5.41, 5.74) is 0. The van der Waals surface area contributed by atoms with E-state index in [1.807, 2.05) is 6.92 Å². The first kappa shape index (κ1) is 26.9. The van der Waals surface area contributed by atoms with Crippen LogP contribution in [0.25, 0.3) is 0 Å². The fourth-order valence-corrected chi connectivity index (χ4v) is 3.25. The molecule has 1 atom stereocenters. The SMILES string of the molecule is CCCCCCCCCOC(=O)CCCC(=O)OC(C)CCCCCCCC. The van der Waals surface area contributed by atoms with Crippen LogP contribution in [0.5, 0.6) is 0 Å². The zero-order valence-corrected chi connectivity index (χ0v) is 18.9. The maximum absolute atomic E-state index is 11.8. The fraction of sp³-hybridized carbons (Fsp3) is 0.917. The Kier molecular flexibility index (Phi) is 19.9. The largest absolute Gasteiger partial charge is 0.466 e. The first-order valence-electron chi connectivity index (χ1n) is 11.9. The number of hydrogen-bond acceptors (Lipinski definition) is 4. The summed E-state index contributed by atoms with van der Waals surface area (Å²) in [6, 6.07) is 0. The van der Waals surface area contributed by atoms with E-state index in [2.05, 4.69) is 13.8 Å². The van der Waals surface area contributed by atoms with E-state index in [-0.39, 0.29) is 18.0 Å². The highest BCUT2D eigenvalue weighted by Gasteiger charge is 2.11. The number of unbranched alkanes of at least 4 members (excludes halogenated alkanes) is 11. The molecule has 28 heavy (non-hydrogen) atoms. The Morgan fingerprint density at radius 3 is 1.75 bits per heavy atom. The molecule has 0 radical (unpaired) electrons. The molecule has 0 saturated carbocycles. The van der Waals surface area contributed by atoms with E-state index in [0.717, 1.165) is 25.7 Å². The molecule has 0 aromatic carbocycles. The van der Waals surface area contributed by atoms with Gasteiger partial charge in [-0.25, -0.2) is 0 Å². The van der Waals surface area contributed by atoms with E-state index >= 15 is 0 Å². The van der Waals surface area contributed by atoms with E-state index in [1.165, 1.54) is 64.2 Å². The molecule has 0 aromatic heterocycles. The van der Waals surface area contributed by atoms with Crippen LogP contribution >= 0.6 is 0 Å². The first-order chi connectivity index (χ1) is 13.6. The van der Waals surface area contributed by atoms with Crippen molar-refractivity contribution in [1.29, 1.82) is 0 Å². The molecule has 4 nitrogen and oxygen atoms in total. The lowest BCUT2D eigenvalue weighted by Crippen LogP contribution is -2.15. The molecule has 0 saturated heterocycles. The number of esters is 2. The average Bonchev–Trinajstić information content (AvgIpc) is 2.66. The van der Waals surface area contributed by atoms with Crippen molar-refractivity contribution in [1.82, 2.24) is 0 Å². The van der Waals surface area contributed by atoms with Gasteiger partial charge in [0.2, 0.25) is 0 Å². The lowest BCUT2D eigenvalue weighted by Gasteiger charge is -2.13. The van der Waals surface area contributed by atoms with Crippen molar-refractivity contribution in [3.05, 3.63) is 0 Å². The molecule has 4 heteroatoms. The smallest absolute Gasteiger partial charge is 0.306 e.